The first-order valence-electron chi connectivity index (χ1n) is 5.09. The van der Waals surface area contributed by atoms with Gasteiger partial charge in [0.05, 0.1) is 11.4 Å². The number of hydrogen-bond acceptors (Lipinski definition) is 5. The molecule has 0 fully saturated rings. The van der Waals surface area contributed by atoms with Crippen LogP contribution in [0.2, 0.25) is 0 Å². The van der Waals surface area contributed by atoms with E-state index in [1.807, 2.05) is 6.07 Å². The van der Waals surface area contributed by atoms with Gasteiger partial charge in [-0.15, -0.1) is 0 Å². The highest BCUT2D eigenvalue weighted by Gasteiger charge is 2.15. The lowest BCUT2D eigenvalue weighted by molar-refractivity contribution is 0.588. The van der Waals surface area contributed by atoms with E-state index in [1.165, 1.54) is 6.20 Å². The molecule has 0 aromatic carbocycles. The van der Waals surface area contributed by atoms with Crippen molar-refractivity contribution in [3.05, 3.63) is 36.8 Å². The zero-order valence-electron chi connectivity index (χ0n) is 9.24. The Balaban J connectivity index is 2.50. The van der Waals surface area contributed by atoms with Crippen LogP contribution in [0, 0.1) is 0 Å². The summed E-state index contributed by atoms with van der Waals surface area (Å²) in [6, 6.07) is 5.24. The van der Waals surface area contributed by atoms with Gasteiger partial charge in [0.15, 0.2) is 0 Å². The predicted molar refractivity (Wildman–Crippen MR) is 63.0 cm³/mol. The van der Waals surface area contributed by atoms with Gasteiger partial charge >= 0.3 is 0 Å². The van der Waals surface area contributed by atoms with Gasteiger partial charge in [-0.2, -0.15) is 0 Å². The summed E-state index contributed by atoms with van der Waals surface area (Å²) < 4.78 is 23.3. The van der Waals surface area contributed by atoms with E-state index in [1.54, 1.807) is 31.5 Å². The lowest BCUT2D eigenvalue weighted by Crippen LogP contribution is -2.08. The summed E-state index contributed by atoms with van der Waals surface area (Å²) in [4.78, 5) is 11.8. The Kier molecular flexibility index (Phi) is 3.14. The Bertz CT molecular complexity index is 612. The SMILES string of the molecule is CCS(=O)(=O)c1nccc(-c2cccnc2)n1. The molecule has 2 heterocycles. The molecule has 2 aromatic heterocycles. The molecular formula is C11H11N3O2S. The Labute approximate surface area is 99.5 Å². The van der Waals surface area contributed by atoms with Crippen LogP contribution in [0.15, 0.2) is 41.9 Å². The maximum absolute atomic E-state index is 11.6. The second-order valence-corrected chi connectivity index (χ2v) is 5.54. The third-order valence-corrected chi connectivity index (χ3v) is 3.76. The maximum atomic E-state index is 11.6. The van der Waals surface area contributed by atoms with Crippen molar-refractivity contribution in [3.63, 3.8) is 0 Å². The number of pyridine rings is 1. The number of nitrogens with zero attached hydrogens (tertiary/aromatic N) is 3. The van der Waals surface area contributed by atoms with Crippen LogP contribution in [-0.2, 0) is 9.84 Å². The highest BCUT2D eigenvalue weighted by Crippen LogP contribution is 2.16. The third-order valence-electron chi connectivity index (χ3n) is 2.25. The second kappa shape index (κ2) is 4.58. The Hall–Kier alpha value is -1.82. The molecule has 6 heteroatoms. The van der Waals surface area contributed by atoms with Crippen molar-refractivity contribution < 1.29 is 8.42 Å². The van der Waals surface area contributed by atoms with Crippen molar-refractivity contribution in [2.75, 3.05) is 5.75 Å². The molecule has 17 heavy (non-hydrogen) atoms. The predicted octanol–water partition coefficient (Wildman–Crippen LogP) is 1.33. The van der Waals surface area contributed by atoms with Crippen molar-refractivity contribution >= 4 is 9.84 Å². The normalized spacial score (nSPS) is 11.4. The van der Waals surface area contributed by atoms with E-state index in [4.69, 9.17) is 0 Å². The molecule has 2 aromatic rings. The third kappa shape index (κ3) is 2.47. The van der Waals surface area contributed by atoms with Gasteiger partial charge in [0.1, 0.15) is 0 Å². The monoisotopic (exact) mass is 249 g/mol. The van der Waals surface area contributed by atoms with Gasteiger partial charge in [0.25, 0.3) is 0 Å². The highest BCUT2D eigenvalue weighted by molar-refractivity contribution is 7.91. The van der Waals surface area contributed by atoms with E-state index in [0.29, 0.717) is 5.69 Å². The second-order valence-electron chi connectivity index (χ2n) is 3.37. The van der Waals surface area contributed by atoms with Gasteiger partial charge in [0.2, 0.25) is 15.0 Å². The molecule has 0 aliphatic rings. The smallest absolute Gasteiger partial charge is 0.247 e. The van der Waals surface area contributed by atoms with Gasteiger partial charge < -0.3 is 0 Å². The summed E-state index contributed by atoms with van der Waals surface area (Å²) >= 11 is 0. The van der Waals surface area contributed by atoms with Crippen LogP contribution in [0.1, 0.15) is 6.92 Å². The molecule has 0 aliphatic heterocycles. The molecule has 0 saturated carbocycles. The number of hydrogen-bond donors (Lipinski definition) is 0. The van der Waals surface area contributed by atoms with E-state index in [0.717, 1.165) is 5.56 Å². The molecular weight excluding hydrogens is 238 g/mol. The quantitative estimate of drug-likeness (QED) is 0.767. The van der Waals surface area contributed by atoms with E-state index < -0.39 is 9.84 Å². The molecule has 0 bridgehead atoms. The van der Waals surface area contributed by atoms with Crippen LogP contribution in [-0.4, -0.2) is 29.1 Å². The van der Waals surface area contributed by atoms with Gasteiger partial charge in [-0.3, -0.25) is 4.98 Å². The Morgan fingerprint density at radius 1 is 1.24 bits per heavy atom. The van der Waals surface area contributed by atoms with Crippen molar-refractivity contribution in [2.45, 2.75) is 12.1 Å². The zero-order chi connectivity index (χ0) is 12.3. The van der Waals surface area contributed by atoms with Crippen molar-refractivity contribution in [1.82, 2.24) is 15.0 Å². The molecule has 0 saturated heterocycles. The average Bonchev–Trinajstić information content (AvgIpc) is 2.40. The number of rotatable bonds is 3. The molecule has 0 spiro atoms. The minimum absolute atomic E-state index is 0.0104. The van der Waals surface area contributed by atoms with Crippen LogP contribution in [0.4, 0.5) is 0 Å². The van der Waals surface area contributed by atoms with Gasteiger partial charge in [0, 0.05) is 24.2 Å². The zero-order valence-corrected chi connectivity index (χ0v) is 10.1. The van der Waals surface area contributed by atoms with Crippen molar-refractivity contribution in [3.8, 4) is 11.3 Å². The average molecular weight is 249 g/mol. The number of sulfone groups is 1. The van der Waals surface area contributed by atoms with Crippen LogP contribution in [0.5, 0.6) is 0 Å². The first-order valence-corrected chi connectivity index (χ1v) is 6.75. The first kappa shape index (κ1) is 11.7. The molecule has 5 nitrogen and oxygen atoms in total. The lowest BCUT2D eigenvalue weighted by Gasteiger charge is -2.02. The molecule has 0 unspecified atom stereocenters. The fourth-order valence-electron chi connectivity index (χ4n) is 1.29. The molecule has 0 radical (unpaired) electrons. The summed E-state index contributed by atoms with van der Waals surface area (Å²) in [5.74, 6) is -0.0104. The summed E-state index contributed by atoms with van der Waals surface area (Å²) in [6.45, 7) is 1.56. The van der Waals surface area contributed by atoms with Crippen LogP contribution >= 0.6 is 0 Å². The van der Waals surface area contributed by atoms with Gasteiger partial charge in [-0.05, 0) is 18.2 Å². The Morgan fingerprint density at radius 3 is 2.71 bits per heavy atom. The van der Waals surface area contributed by atoms with Crippen molar-refractivity contribution in [1.29, 1.82) is 0 Å². The molecule has 2 rings (SSSR count). The van der Waals surface area contributed by atoms with E-state index in [-0.39, 0.29) is 10.9 Å². The minimum atomic E-state index is -3.37. The van der Waals surface area contributed by atoms with Crippen LogP contribution in [0.3, 0.4) is 0 Å². The summed E-state index contributed by atoms with van der Waals surface area (Å²) in [5, 5.41) is -0.138. The minimum Gasteiger partial charge on any atom is -0.264 e. The highest BCUT2D eigenvalue weighted by atomic mass is 32.2. The molecule has 0 aliphatic carbocycles. The van der Waals surface area contributed by atoms with E-state index in [9.17, 15) is 8.42 Å². The number of aromatic nitrogens is 3. The molecule has 0 atom stereocenters. The molecule has 88 valence electrons. The fourth-order valence-corrected chi connectivity index (χ4v) is 2.01. The van der Waals surface area contributed by atoms with Gasteiger partial charge in [-0.1, -0.05) is 6.92 Å². The summed E-state index contributed by atoms with van der Waals surface area (Å²) in [7, 11) is -3.37. The lowest BCUT2D eigenvalue weighted by atomic mass is 10.2. The van der Waals surface area contributed by atoms with Crippen LogP contribution in [0.25, 0.3) is 11.3 Å². The fraction of sp³-hybridized carbons (Fsp3) is 0.182. The van der Waals surface area contributed by atoms with Gasteiger partial charge in [-0.25, -0.2) is 18.4 Å². The van der Waals surface area contributed by atoms with E-state index in [2.05, 4.69) is 15.0 Å². The molecule has 0 N–H and O–H groups in total. The van der Waals surface area contributed by atoms with E-state index >= 15 is 0 Å². The largest absolute Gasteiger partial charge is 0.264 e. The van der Waals surface area contributed by atoms with Crippen LogP contribution < -0.4 is 0 Å². The summed E-state index contributed by atoms with van der Waals surface area (Å²) in [6.07, 6.45) is 4.72. The molecule has 0 amide bonds. The first-order chi connectivity index (χ1) is 8.13. The Morgan fingerprint density at radius 2 is 2.06 bits per heavy atom. The maximum Gasteiger partial charge on any atom is 0.247 e. The van der Waals surface area contributed by atoms with Crippen molar-refractivity contribution in [2.24, 2.45) is 0 Å². The topological polar surface area (TPSA) is 72.8 Å². The standard InChI is InChI=1S/C11H11N3O2S/c1-2-17(15,16)11-13-7-5-10(14-11)9-4-3-6-12-8-9/h3-8H,2H2,1H3. The summed E-state index contributed by atoms with van der Waals surface area (Å²) in [5.41, 5.74) is 1.32.